The Morgan fingerprint density at radius 1 is 1.12 bits per heavy atom. The van der Waals surface area contributed by atoms with Gasteiger partial charge in [-0.3, -0.25) is 4.79 Å². The monoisotopic (exact) mass is 457 g/mol. The average Bonchev–Trinajstić information content (AvgIpc) is 3.02. The number of anilines is 1. The lowest BCUT2D eigenvalue weighted by Crippen LogP contribution is -2.21. The molecule has 0 fully saturated rings. The van der Waals surface area contributed by atoms with E-state index < -0.39 is 10.0 Å². The Morgan fingerprint density at radius 3 is 2.41 bits per heavy atom. The number of nitrogens with two attached hydrogens (primary N) is 1. The Morgan fingerprint density at radius 2 is 1.81 bits per heavy atom. The van der Waals surface area contributed by atoms with Crippen LogP contribution in [0.3, 0.4) is 0 Å². The lowest BCUT2D eigenvalue weighted by Gasteiger charge is -2.13. The van der Waals surface area contributed by atoms with Gasteiger partial charge in [0.05, 0.1) is 35.6 Å². The van der Waals surface area contributed by atoms with Crippen molar-refractivity contribution in [2.45, 2.75) is 32.1 Å². The molecule has 32 heavy (non-hydrogen) atoms. The number of hydrogen-bond donors (Lipinski definition) is 1. The minimum absolute atomic E-state index is 0.0350. The molecule has 0 aliphatic carbocycles. The van der Waals surface area contributed by atoms with E-state index in [9.17, 15) is 13.2 Å². The summed E-state index contributed by atoms with van der Waals surface area (Å²) in [5.74, 6) is 1.45. The average molecular weight is 458 g/mol. The Kier molecular flexibility index (Phi) is 7.00. The van der Waals surface area contributed by atoms with Gasteiger partial charge in [-0.1, -0.05) is 19.9 Å². The van der Waals surface area contributed by atoms with Gasteiger partial charge in [0.25, 0.3) is 5.91 Å². The maximum Gasteiger partial charge on any atom is 0.280 e. The van der Waals surface area contributed by atoms with Crippen LogP contribution in [0.15, 0.2) is 58.0 Å². The highest BCUT2D eigenvalue weighted by Crippen LogP contribution is 2.31. The van der Waals surface area contributed by atoms with Gasteiger partial charge in [0.1, 0.15) is 0 Å². The van der Waals surface area contributed by atoms with Gasteiger partial charge in [-0.05, 0) is 67.3 Å². The Balaban J connectivity index is 1.82. The third-order valence-corrected chi connectivity index (χ3v) is 5.85. The third kappa shape index (κ3) is 5.35. The van der Waals surface area contributed by atoms with Crippen molar-refractivity contribution in [1.82, 2.24) is 0 Å². The van der Waals surface area contributed by atoms with E-state index in [-0.39, 0.29) is 10.8 Å². The van der Waals surface area contributed by atoms with E-state index in [2.05, 4.69) is 18.9 Å². The minimum Gasteiger partial charge on any atom is -0.493 e. The van der Waals surface area contributed by atoms with E-state index in [1.807, 2.05) is 18.2 Å². The molecule has 2 N–H and O–H groups in total. The normalized spacial score (nSPS) is 15.4. The van der Waals surface area contributed by atoms with Crippen molar-refractivity contribution in [2.24, 2.45) is 16.2 Å². The number of ether oxygens (including phenoxy) is 2. The van der Waals surface area contributed by atoms with Gasteiger partial charge in [-0.25, -0.2) is 13.6 Å². The molecule has 0 bridgehead atoms. The molecule has 1 heterocycles. The molecule has 1 aliphatic heterocycles. The van der Waals surface area contributed by atoms with Crippen molar-refractivity contribution in [3.8, 4) is 11.5 Å². The van der Waals surface area contributed by atoms with Crippen LogP contribution in [-0.2, 0) is 14.8 Å². The highest BCUT2D eigenvalue weighted by atomic mass is 32.2. The Bertz CT molecular complexity index is 1170. The Labute approximate surface area is 188 Å². The molecule has 0 spiro atoms. The van der Waals surface area contributed by atoms with Crippen molar-refractivity contribution in [3.63, 3.8) is 0 Å². The second kappa shape index (κ2) is 9.54. The van der Waals surface area contributed by atoms with Crippen molar-refractivity contribution in [2.75, 3.05) is 18.7 Å². The second-order valence-corrected chi connectivity index (χ2v) is 9.40. The number of hydrogen-bond acceptors (Lipinski definition) is 6. The molecule has 0 saturated carbocycles. The molecule has 9 heteroatoms. The van der Waals surface area contributed by atoms with Gasteiger partial charge in [-0.15, -0.1) is 0 Å². The van der Waals surface area contributed by atoms with Crippen molar-refractivity contribution >= 4 is 33.4 Å². The molecule has 3 rings (SSSR count). The number of amides is 1. The first-order chi connectivity index (χ1) is 15.1. The summed E-state index contributed by atoms with van der Waals surface area (Å²) in [5, 5.41) is 10.7. The molecule has 0 atom stereocenters. The fraction of sp³-hybridized carbons (Fsp3) is 0.304. The first kappa shape index (κ1) is 23.5. The number of primary sulfonamides is 1. The highest BCUT2D eigenvalue weighted by molar-refractivity contribution is 7.89. The molecule has 2 aromatic carbocycles. The molecule has 0 aromatic heterocycles. The van der Waals surface area contributed by atoms with Crippen molar-refractivity contribution in [1.29, 1.82) is 0 Å². The van der Waals surface area contributed by atoms with Crippen LogP contribution >= 0.6 is 0 Å². The van der Waals surface area contributed by atoms with Crippen LogP contribution in [0.4, 0.5) is 5.69 Å². The summed E-state index contributed by atoms with van der Waals surface area (Å²) < 4.78 is 34.2. The molecule has 1 amide bonds. The minimum atomic E-state index is -3.81. The van der Waals surface area contributed by atoms with E-state index in [1.165, 1.54) is 29.3 Å². The van der Waals surface area contributed by atoms with Crippen LogP contribution < -0.4 is 19.6 Å². The van der Waals surface area contributed by atoms with E-state index >= 15 is 0 Å². The molecule has 170 valence electrons. The number of methoxy groups -OCH3 is 1. The third-order valence-electron chi connectivity index (χ3n) is 4.92. The maximum atomic E-state index is 13.0. The fourth-order valence-corrected chi connectivity index (χ4v) is 3.62. The molecule has 1 aliphatic rings. The fourth-order valence-electron chi connectivity index (χ4n) is 3.10. The van der Waals surface area contributed by atoms with Crippen molar-refractivity contribution < 1.29 is 22.7 Å². The predicted octanol–water partition coefficient (Wildman–Crippen LogP) is 3.57. The zero-order chi connectivity index (χ0) is 23.5. The van der Waals surface area contributed by atoms with Gasteiger partial charge in [0, 0.05) is 0 Å². The summed E-state index contributed by atoms with van der Waals surface area (Å²) in [6, 6.07) is 11.1. The zero-order valence-electron chi connectivity index (χ0n) is 18.5. The summed E-state index contributed by atoms with van der Waals surface area (Å²) in [5.41, 5.74) is 2.18. The topological polar surface area (TPSA) is 111 Å². The second-order valence-electron chi connectivity index (χ2n) is 7.84. The smallest absolute Gasteiger partial charge is 0.280 e. The number of hydrazone groups is 1. The van der Waals surface area contributed by atoms with Gasteiger partial charge in [0.2, 0.25) is 10.0 Å². The highest BCUT2D eigenvalue weighted by Gasteiger charge is 2.29. The SMILES string of the molecule is COc1cc(/C=C2\C(=O)N(c3ccc(S(N)(=O)=O)cc3)N=C2C)ccc1OCCC(C)C. The van der Waals surface area contributed by atoms with Gasteiger partial charge >= 0.3 is 0 Å². The summed E-state index contributed by atoms with van der Waals surface area (Å²) in [4.78, 5) is 12.9. The molecule has 0 radical (unpaired) electrons. The summed E-state index contributed by atoms with van der Waals surface area (Å²) in [6.07, 6.45) is 2.67. The first-order valence-electron chi connectivity index (χ1n) is 10.2. The van der Waals surface area contributed by atoms with E-state index in [4.69, 9.17) is 14.6 Å². The molecule has 0 saturated heterocycles. The molecule has 8 nitrogen and oxygen atoms in total. The van der Waals surface area contributed by atoms with Crippen LogP contribution in [0.2, 0.25) is 0 Å². The van der Waals surface area contributed by atoms with Gasteiger partial charge in [-0.2, -0.15) is 10.1 Å². The zero-order valence-corrected chi connectivity index (χ0v) is 19.3. The number of sulfonamides is 1. The van der Waals surface area contributed by atoms with Crippen LogP contribution in [0.5, 0.6) is 11.5 Å². The van der Waals surface area contributed by atoms with Gasteiger partial charge in [0.15, 0.2) is 11.5 Å². The maximum absolute atomic E-state index is 13.0. The number of carbonyl (C=O) groups is 1. The summed E-state index contributed by atoms with van der Waals surface area (Å²) in [6.45, 7) is 6.60. The summed E-state index contributed by atoms with van der Waals surface area (Å²) >= 11 is 0. The van der Waals surface area contributed by atoms with E-state index in [0.717, 1.165) is 12.0 Å². The van der Waals surface area contributed by atoms with Crippen LogP contribution in [-0.4, -0.2) is 33.8 Å². The van der Waals surface area contributed by atoms with E-state index in [0.29, 0.717) is 41.0 Å². The molecular formula is C23H27N3O5S. The number of benzene rings is 2. The Hall–Kier alpha value is -3.17. The van der Waals surface area contributed by atoms with Crippen LogP contribution in [0.1, 0.15) is 32.8 Å². The number of nitrogens with zero attached hydrogens (tertiary/aromatic N) is 2. The van der Waals surface area contributed by atoms with Gasteiger partial charge < -0.3 is 9.47 Å². The standard InChI is InChI=1S/C23H27N3O5S/c1-15(2)11-12-31-21-10-5-17(14-22(21)30-4)13-20-16(3)25-26(23(20)27)18-6-8-19(9-7-18)32(24,28)29/h5-10,13-15H,11-12H2,1-4H3,(H2,24,28,29)/b20-13-. The quantitative estimate of drug-likeness (QED) is 0.609. The number of rotatable bonds is 8. The van der Waals surface area contributed by atoms with Crippen molar-refractivity contribution in [3.05, 3.63) is 53.6 Å². The van der Waals surface area contributed by atoms with E-state index in [1.54, 1.807) is 20.1 Å². The lowest BCUT2D eigenvalue weighted by molar-refractivity contribution is -0.114. The lowest BCUT2D eigenvalue weighted by atomic mass is 10.1. The molecule has 0 unspecified atom stereocenters. The molecular weight excluding hydrogens is 430 g/mol. The summed E-state index contributed by atoms with van der Waals surface area (Å²) in [7, 11) is -2.24. The van der Waals surface area contributed by atoms with Crippen LogP contribution in [0.25, 0.3) is 6.08 Å². The predicted molar refractivity (Wildman–Crippen MR) is 124 cm³/mol. The largest absolute Gasteiger partial charge is 0.493 e. The van der Waals surface area contributed by atoms with Crippen LogP contribution in [0, 0.1) is 5.92 Å². The number of carbonyl (C=O) groups excluding carboxylic acids is 1. The first-order valence-corrected chi connectivity index (χ1v) is 11.7. The molecule has 2 aromatic rings.